The van der Waals surface area contributed by atoms with Crippen LogP contribution >= 0.6 is 31.3 Å². The van der Waals surface area contributed by atoms with Crippen molar-refractivity contribution in [2.75, 3.05) is 0 Å². The van der Waals surface area contributed by atoms with Crippen molar-refractivity contribution in [3.8, 4) is 0 Å². The fourth-order valence-corrected chi connectivity index (χ4v) is 0. The van der Waals surface area contributed by atoms with Gasteiger partial charge in [0.05, 0.1) is 0 Å². The molecule has 0 atom stereocenters. The van der Waals surface area contributed by atoms with Gasteiger partial charge in [0.2, 0.25) is 0 Å². The molecule has 0 unspecified atom stereocenters. The Bertz CT molecular complexity index is 352. The minimum absolute atomic E-state index is 0. The topological polar surface area (TPSA) is 343 Å². The van der Waals surface area contributed by atoms with Crippen LogP contribution in [0.25, 0.3) is 0 Å². The Hall–Kier alpha value is 11.7. The molecule has 14 N–H and O–H groups in total. The minimum Gasteiger partial charge on any atom is -1.00 e. The van der Waals surface area contributed by atoms with E-state index in [4.69, 9.17) is 77.0 Å². The SMILES string of the molecule is O.O=P(O)(O)O.O=P(O)(O)O.O=P(O)(O)O.O=P(O)(O)O.[Ca+2].[Ca+2].[Ca+2].[Ca+2].[Ca+2].[Ca+2].[Ca+2].[Ca+2].[Ca+2].[H-].[H-].[H-].[H-].[H-].[H-].[H-].[H-].[H-].[H-].[H-].[H-].[H-].[H-].[H-].[H-].[H-].[H-]. The quantitative estimate of drug-likeness (QED) is 0.0803. The van der Waals surface area contributed by atoms with E-state index in [0.717, 1.165) is 0 Å². The predicted octanol–water partition coefficient (Wildman–Crippen LogP) is -5.94. The molecule has 0 aliphatic carbocycles. The molecule has 0 bridgehead atoms. The summed E-state index contributed by atoms with van der Waals surface area (Å²) < 4.78 is 35.5. The van der Waals surface area contributed by atoms with E-state index in [2.05, 4.69) is 0 Å². The van der Waals surface area contributed by atoms with Crippen molar-refractivity contribution in [3.63, 3.8) is 0 Å². The van der Waals surface area contributed by atoms with E-state index in [9.17, 15) is 0 Å². The van der Waals surface area contributed by atoms with Gasteiger partial charge in [-0.2, -0.15) is 0 Å². The van der Waals surface area contributed by atoms with Crippen LogP contribution in [0.5, 0.6) is 0 Å². The van der Waals surface area contributed by atoms with Crippen molar-refractivity contribution in [1.29, 1.82) is 0 Å². The van der Waals surface area contributed by atoms with Crippen LogP contribution in [-0.4, -0.2) is 404 Å². The van der Waals surface area contributed by atoms with Crippen LogP contribution < -0.4 is 0 Å². The number of hydrogen-bond acceptors (Lipinski definition) is 4. The molecule has 0 amide bonds. The molecule has 0 aromatic heterocycles. The Morgan fingerprint density at radius 1 is 0.300 bits per heavy atom. The van der Waals surface area contributed by atoms with Gasteiger partial charge in [0.25, 0.3) is 0 Å². The fourth-order valence-electron chi connectivity index (χ4n) is 0. The van der Waals surface area contributed by atoms with Crippen molar-refractivity contribution in [1.82, 2.24) is 0 Å². The number of phosphoric acid groups is 4. The van der Waals surface area contributed by atoms with Crippen molar-refractivity contribution in [2.45, 2.75) is 0 Å². The molecule has 0 radical (unpaired) electrons. The maximum atomic E-state index is 8.88. The van der Waals surface area contributed by atoms with Crippen molar-refractivity contribution < 1.29 is 108 Å². The first-order chi connectivity index (χ1) is 8.00. The molecule has 30 heavy (non-hydrogen) atoms. The van der Waals surface area contributed by atoms with Crippen LogP contribution in [0.4, 0.5) is 0 Å². The van der Waals surface area contributed by atoms with E-state index in [1.165, 1.54) is 0 Å². The first kappa shape index (κ1) is 90.0. The van der Waals surface area contributed by atoms with E-state index >= 15 is 0 Å². The summed E-state index contributed by atoms with van der Waals surface area (Å²) >= 11 is 0. The Morgan fingerprint density at radius 2 is 0.300 bits per heavy atom. The summed E-state index contributed by atoms with van der Waals surface area (Å²) in [5.74, 6) is 0. The molecule has 0 aliphatic rings. The molecule has 30 heteroatoms. The predicted molar refractivity (Wildman–Crippen MR) is 132 cm³/mol. The molecular weight excluding hydrogens is 757 g/mol. The third-order valence-electron chi connectivity index (χ3n) is 0. The van der Waals surface area contributed by atoms with E-state index in [0.29, 0.717) is 0 Å². The molecule has 0 spiro atoms. The van der Waals surface area contributed by atoms with Gasteiger partial charge in [0, 0.05) is 0 Å². The standard InChI is InChI=1S/9Ca.4H3O4P.H2O.18H/c;;;;;;;;;4*1-5(2,3)4;;;;;;;;;;;;;;;;;;;/h;;;;;;;;;4*(H3,1,2,3,4);1H2;;;;;;;;;;;;;;;;;;/q9*+2;;;;;;18*-1. The second kappa shape index (κ2) is 50.4. The zero-order valence-corrected chi connectivity index (χ0v) is 39.1. The van der Waals surface area contributed by atoms with Gasteiger partial charge in [0.15, 0.2) is 0 Å². The average Bonchev–Trinajstić information content (AvgIpc) is 1.62. The minimum atomic E-state index is -4.64. The summed E-state index contributed by atoms with van der Waals surface area (Å²) in [5.41, 5.74) is 0. The van der Waals surface area contributed by atoms with Crippen LogP contribution in [-0.2, 0) is 18.3 Å². The van der Waals surface area contributed by atoms with E-state index < -0.39 is 31.3 Å². The summed E-state index contributed by atoms with van der Waals surface area (Å²) in [6, 6.07) is 0. The monoisotopic (exact) mass is 788 g/mol. The average molecular weight is 789 g/mol. The summed E-state index contributed by atoms with van der Waals surface area (Å²) in [6.45, 7) is 0. The first-order valence-corrected chi connectivity index (χ1v) is 9.39. The number of hydrogen-bond donors (Lipinski definition) is 12. The normalized spacial score (nSPS) is 7.87. The van der Waals surface area contributed by atoms with E-state index in [-0.39, 0.29) is 371 Å². The van der Waals surface area contributed by atoms with Gasteiger partial charge in [-0.25, -0.2) is 18.3 Å². The van der Waals surface area contributed by atoms with Gasteiger partial charge in [-0.15, -0.1) is 0 Å². The van der Waals surface area contributed by atoms with Crippen LogP contribution in [0.2, 0.25) is 0 Å². The molecule has 0 aromatic carbocycles. The van der Waals surface area contributed by atoms with Crippen LogP contribution in [0.15, 0.2) is 0 Å². The summed E-state index contributed by atoms with van der Waals surface area (Å²) in [5, 5.41) is 0. The van der Waals surface area contributed by atoms with Gasteiger partial charge in [-0.1, -0.05) is 0 Å². The third kappa shape index (κ3) is 433. The largest absolute Gasteiger partial charge is 2.00 e. The molecule has 0 rings (SSSR count). The van der Waals surface area contributed by atoms with Gasteiger partial charge >= 0.3 is 371 Å². The van der Waals surface area contributed by atoms with Gasteiger partial charge < -0.3 is 89.9 Å². The van der Waals surface area contributed by atoms with Crippen molar-refractivity contribution in [3.05, 3.63) is 0 Å². The first-order valence-electron chi connectivity index (χ1n) is 3.13. The molecule has 0 saturated carbocycles. The van der Waals surface area contributed by atoms with Crippen molar-refractivity contribution in [2.24, 2.45) is 0 Å². The summed E-state index contributed by atoms with van der Waals surface area (Å²) in [6.07, 6.45) is 0. The maximum absolute atomic E-state index is 8.88. The zero-order chi connectivity index (χ0) is 18.0. The molecule has 0 saturated heterocycles. The summed E-state index contributed by atoms with van der Waals surface area (Å²) in [4.78, 5) is 86.2. The van der Waals surface area contributed by atoms with Gasteiger partial charge in [-0.3, -0.25) is 0 Å². The Morgan fingerprint density at radius 3 is 0.300 bits per heavy atom. The molecule has 0 heterocycles. The van der Waals surface area contributed by atoms with Gasteiger partial charge in [-0.05, 0) is 0 Å². The Balaban J connectivity index is -0.00000000198. The smallest absolute Gasteiger partial charge is 1.00 e. The van der Waals surface area contributed by atoms with Crippen LogP contribution in [0, 0.1) is 0 Å². The molecule has 17 nitrogen and oxygen atoms in total. The van der Waals surface area contributed by atoms with Crippen molar-refractivity contribution >= 4 is 371 Å². The second-order valence-electron chi connectivity index (χ2n) is 2.05. The molecule has 0 aliphatic heterocycles. The Kier molecular flexibility index (Phi) is 151. The number of rotatable bonds is 0. The maximum Gasteiger partial charge on any atom is 2.00 e. The third-order valence-corrected chi connectivity index (χ3v) is 0. The van der Waals surface area contributed by atoms with E-state index in [1.54, 1.807) is 0 Å². The fraction of sp³-hybridized carbons (Fsp3) is 0. The van der Waals surface area contributed by atoms with Crippen LogP contribution in [0.1, 0.15) is 25.7 Å². The molecular formula is H32Ca9O17P4. The van der Waals surface area contributed by atoms with Crippen LogP contribution in [0.3, 0.4) is 0 Å². The van der Waals surface area contributed by atoms with E-state index in [1.807, 2.05) is 0 Å². The molecule has 172 valence electrons. The zero-order valence-electron chi connectivity index (χ0n) is 33.7. The Labute approximate surface area is 466 Å². The molecule has 0 fully saturated rings. The molecule has 0 aromatic rings. The second-order valence-corrected chi connectivity index (χ2v) is 6.16. The van der Waals surface area contributed by atoms with Gasteiger partial charge in [0.1, 0.15) is 0 Å². The summed E-state index contributed by atoms with van der Waals surface area (Å²) in [7, 11) is -18.6.